The summed E-state index contributed by atoms with van der Waals surface area (Å²) in [7, 11) is 1.62. The predicted molar refractivity (Wildman–Crippen MR) is 114 cm³/mol. The number of carbonyl (C=O) groups excluding carboxylic acids is 1. The van der Waals surface area contributed by atoms with Crippen molar-refractivity contribution < 1.29 is 9.53 Å². The number of ketones is 1. The molecule has 28 heavy (non-hydrogen) atoms. The summed E-state index contributed by atoms with van der Waals surface area (Å²) in [6, 6.07) is 25.6. The van der Waals surface area contributed by atoms with Crippen molar-refractivity contribution in [1.29, 1.82) is 0 Å². The number of rotatable bonds is 5. The van der Waals surface area contributed by atoms with E-state index in [4.69, 9.17) is 16.3 Å². The van der Waals surface area contributed by atoms with Crippen LogP contribution in [0.5, 0.6) is 5.75 Å². The third-order valence-electron chi connectivity index (χ3n) is 5.43. The van der Waals surface area contributed by atoms with Gasteiger partial charge in [-0.3, -0.25) is 4.79 Å². The van der Waals surface area contributed by atoms with Crippen LogP contribution in [0.4, 0.5) is 5.69 Å². The van der Waals surface area contributed by atoms with Gasteiger partial charge >= 0.3 is 0 Å². The molecule has 0 N–H and O–H groups in total. The Morgan fingerprint density at radius 3 is 2.43 bits per heavy atom. The van der Waals surface area contributed by atoms with Gasteiger partial charge in [0.05, 0.1) is 7.11 Å². The Bertz CT molecular complexity index is 956. The molecule has 2 atom stereocenters. The maximum Gasteiger partial charge on any atom is 0.168 e. The molecule has 0 spiro atoms. The molecule has 1 aliphatic heterocycles. The number of halogens is 1. The summed E-state index contributed by atoms with van der Waals surface area (Å²) >= 11 is 6.08. The Morgan fingerprint density at radius 2 is 1.71 bits per heavy atom. The fourth-order valence-corrected chi connectivity index (χ4v) is 4.08. The molecule has 1 heterocycles. The Balaban J connectivity index is 1.68. The van der Waals surface area contributed by atoms with Crippen molar-refractivity contribution in [3.8, 4) is 5.75 Å². The van der Waals surface area contributed by atoms with Crippen molar-refractivity contribution >= 4 is 23.1 Å². The quantitative estimate of drug-likeness (QED) is 0.541. The van der Waals surface area contributed by atoms with Crippen molar-refractivity contribution in [1.82, 2.24) is 0 Å². The number of nitrogens with zero attached hydrogens (tertiary/aromatic N) is 1. The Labute approximate surface area is 170 Å². The molecule has 0 unspecified atom stereocenters. The molecule has 0 bridgehead atoms. The van der Waals surface area contributed by atoms with Gasteiger partial charge in [-0.15, -0.1) is 0 Å². The van der Waals surface area contributed by atoms with Gasteiger partial charge in [-0.25, -0.2) is 0 Å². The van der Waals surface area contributed by atoms with Crippen LogP contribution in [0.2, 0.25) is 5.02 Å². The number of ether oxygens (including phenoxy) is 1. The first-order valence-electron chi connectivity index (χ1n) is 9.39. The molecule has 3 aromatic carbocycles. The zero-order chi connectivity index (χ0) is 19.5. The molecule has 1 aliphatic rings. The minimum absolute atomic E-state index is 0.108. The highest BCUT2D eigenvalue weighted by atomic mass is 35.5. The fourth-order valence-electron chi connectivity index (χ4n) is 3.96. The molecule has 1 saturated heterocycles. The Kier molecular flexibility index (Phi) is 5.36. The number of carbonyl (C=O) groups is 1. The average molecular weight is 392 g/mol. The van der Waals surface area contributed by atoms with Crippen LogP contribution in [0.1, 0.15) is 21.8 Å². The van der Waals surface area contributed by atoms with Gasteiger partial charge in [-0.1, -0.05) is 54.1 Å². The summed E-state index contributed by atoms with van der Waals surface area (Å²) in [5, 5.41) is 0.706. The average Bonchev–Trinajstić information content (AvgIpc) is 3.20. The lowest BCUT2D eigenvalue weighted by Gasteiger charge is -2.18. The zero-order valence-electron chi connectivity index (χ0n) is 15.7. The summed E-state index contributed by atoms with van der Waals surface area (Å²) in [6.45, 7) is 1.49. The minimum atomic E-state index is -0.131. The summed E-state index contributed by atoms with van der Waals surface area (Å²) in [6.07, 6.45) is 0. The normalized spacial score (nSPS) is 18.9. The van der Waals surface area contributed by atoms with E-state index in [0.29, 0.717) is 22.9 Å². The van der Waals surface area contributed by atoms with E-state index in [1.165, 1.54) is 0 Å². The number of para-hydroxylation sites is 1. The summed E-state index contributed by atoms with van der Waals surface area (Å²) in [5.41, 5.74) is 2.98. The van der Waals surface area contributed by atoms with E-state index in [9.17, 15) is 4.79 Å². The number of methoxy groups -OCH3 is 1. The van der Waals surface area contributed by atoms with Gasteiger partial charge in [-0.2, -0.15) is 0 Å². The van der Waals surface area contributed by atoms with Crippen molar-refractivity contribution in [2.24, 2.45) is 5.92 Å². The van der Waals surface area contributed by atoms with E-state index in [1.54, 1.807) is 7.11 Å². The van der Waals surface area contributed by atoms with Gasteiger partial charge in [0, 0.05) is 41.2 Å². The first-order valence-corrected chi connectivity index (χ1v) is 9.77. The van der Waals surface area contributed by atoms with E-state index >= 15 is 0 Å². The second kappa shape index (κ2) is 8.07. The maximum atomic E-state index is 13.4. The number of benzene rings is 3. The molecule has 3 nitrogen and oxygen atoms in total. The second-order valence-electron chi connectivity index (χ2n) is 7.10. The molecule has 4 rings (SSSR count). The van der Waals surface area contributed by atoms with Crippen LogP contribution < -0.4 is 9.64 Å². The summed E-state index contributed by atoms with van der Waals surface area (Å²) in [4.78, 5) is 15.7. The van der Waals surface area contributed by atoms with Crippen LogP contribution in [0, 0.1) is 5.92 Å². The number of Topliss-reactive ketones (excluding diaryl/α,β-unsaturated/α-hetero) is 1. The lowest BCUT2D eigenvalue weighted by molar-refractivity contribution is 0.0921. The van der Waals surface area contributed by atoms with Crippen molar-refractivity contribution in [2.75, 3.05) is 25.1 Å². The Hall–Kier alpha value is -2.78. The van der Waals surface area contributed by atoms with Crippen LogP contribution in [0.15, 0.2) is 78.9 Å². The largest absolute Gasteiger partial charge is 0.497 e. The minimum Gasteiger partial charge on any atom is -0.497 e. The SMILES string of the molecule is COc1cccc(C(=O)[C@@H]2CN(c3ccccc3)C[C@H]2c2ccc(Cl)cc2)c1. The molecule has 3 aromatic rings. The molecule has 0 aromatic heterocycles. The second-order valence-corrected chi connectivity index (χ2v) is 7.54. The van der Waals surface area contributed by atoms with Crippen LogP contribution in [0.25, 0.3) is 0 Å². The predicted octanol–water partition coefficient (Wildman–Crippen LogP) is 5.45. The molecule has 0 amide bonds. The number of hydrogen-bond acceptors (Lipinski definition) is 3. The standard InChI is InChI=1S/C24H22ClNO2/c1-28-21-9-5-6-18(14-21)24(27)23-16-26(20-7-3-2-4-8-20)15-22(23)17-10-12-19(25)13-11-17/h2-14,22-23H,15-16H2,1H3/t22-,23+/m0/s1. The lowest BCUT2D eigenvalue weighted by atomic mass is 9.84. The van der Waals surface area contributed by atoms with Gasteiger partial charge in [0.15, 0.2) is 5.78 Å². The number of anilines is 1. The van der Waals surface area contributed by atoms with Crippen LogP contribution in [0.3, 0.4) is 0 Å². The number of hydrogen-bond donors (Lipinski definition) is 0. The van der Waals surface area contributed by atoms with Gasteiger partial charge in [0.25, 0.3) is 0 Å². The molecular weight excluding hydrogens is 370 g/mol. The summed E-state index contributed by atoms with van der Waals surface area (Å²) < 4.78 is 5.31. The van der Waals surface area contributed by atoms with E-state index in [1.807, 2.05) is 66.7 Å². The van der Waals surface area contributed by atoms with E-state index < -0.39 is 0 Å². The smallest absolute Gasteiger partial charge is 0.168 e. The third-order valence-corrected chi connectivity index (χ3v) is 5.68. The summed E-state index contributed by atoms with van der Waals surface area (Å²) in [5.74, 6) is 0.828. The van der Waals surface area contributed by atoms with Gasteiger partial charge in [0.1, 0.15) is 5.75 Å². The molecule has 0 radical (unpaired) electrons. The first-order chi connectivity index (χ1) is 13.7. The van der Waals surface area contributed by atoms with E-state index in [2.05, 4.69) is 17.0 Å². The van der Waals surface area contributed by atoms with E-state index in [0.717, 1.165) is 17.8 Å². The van der Waals surface area contributed by atoms with Gasteiger partial charge in [-0.05, 0) is 42.0 Å². The van der Waals surface area contributed by atoms with E-state index in [-0.39, 0.29) is 17.6 Å². The van der Waals surface area contributed by atoms with Crippen molar-refractivity contribution in [3.05, 3.63) is 95.0 Å². The Morgan fingerprint density at radius 1 is 0.964 bits per heavy atom. The van der Waals surface area contributed by atoms with Crippen LogP contribution in [-0.2, 0) is 0 Å². The van der Waals surface area contributed by atoms with Gasteiger partial charge in [0.2, 0.25) is 0 Å². The van der Waals surface area contributed by atoms with Crippen LogP contribution >= 0.6 is 11.6 Å². The topological polar surface area (TPSA) is 29.5 Å². The third kappa shape index (κ3) is 3.76. The molecular formula is C24H22ClNO2. The molecule has 142 valence electrons. The fraction of sp³-hybridized carbons (Fsp3) is 0.208. The monoisotopic (exact) mass is 391 g/mol. The first kappa shape index (κ1) is 18.6. The van der Waals surface area contributed by atoms with Crippen molar-refractivity contribution in [2.45, 2.75) is 5.92 Å². The highest BCUT2D eigenvalue weighted by Crippen LogP contribution is 2.37. The van der Waals surface area contributed by atoms with Gasteiger partial charge < -0.3 is 9.64 Å². The molecule has 0 saturated carbocycles. The molecule has 4 heteroatoms. The zero-order valence-corrected chi connectivity index (χ0v) is 16.5. The highest BCUT2D eigenvalue weighted by molar-refractivity contribution is 6.30. The molecule has 1 fully saturated rings. The molecule has 0 aliphatic carbocycles. The van der Waals surface area contributed by atoms with Crippen molar-refractivity contribution in [3.63, 3.8) is 0 Å². The van der Waals surface area contributed by atoms with Crippen LogP contribution in [-0.4, -0.2) is 26.0 Å². The lowest BCUT2D eigenvalue weighted by Crippen LogP contribution is -2.23. The highest BCUT2D eigenvalue weighted by Gasteiger charge is 2.39. The maximum absolute atomic E-state index is 13.4.